The number of nitrogens with zero attached hydrogens (tertiary/aromatic N) is 2. The number of rotatable bonds is 4. The zero-order valence-corrected chi connectivity index (χ0v) is 16.9. The maximum Gasteiger partial charge on any atom is 0.256 e. The van der Waals surface area contributed by atoms with E-state index in [-0.39, 0.29) is 31.9 Å². The van der Waals surface area contributed by atoms with Gasteiger partial charge >= 0.3 is 0 Å². The number of sulfonamides is 1. The summed E-state index contributed by atoms with van der Waals surface area (Å²) in [7, 11) is -4.09. The van der Waals surface area contributed by atoms with Crippen molar-refractivity contribution < 1.29 is 22.3 Å². The van der Waals surface area contributed by atoms with Gasteiger partial charge < -0.3 is 10.1 Å². The monoisotopic (exact) mass is 423 g/mol. The molecule has 3 rings (SSSR count). The molecule has 10 heteroatoms. The zero-order chi connectivity index (χ0) is 20.5. The van der Waals surface area contributed by atoms with Crippen molar-refractivity contribution >= 4 is 32.3 Å². The van der Waals surface area contributed by atoms with Crippen LogP contribution in [0.5, 0.6) is 0 Å². The molecule has 148 valence electrons. The van der Waals surface area contributed by atoms with Gasteiger partial charge in [0.2, 0.25) is 10.0 Å². The Hall–Kier alpha value is -2.32. The number of amides is 1. The van der Waals surface area contributed by atoms with E-state index in [0.29, 0.717) is 10.6 Å². The summed E-state index contributed by atoms with van der Waals surface area (Å²) in [5.74, 6) is -1.54. The molecule has 0 aliphatic carbocycles. The van der Waals surface area contributed by atoms with Crippen LogP contribution in [0, 0.1) is 31.0 Å². The molecule has 0 bridgehead atoms. The summed E-state index contributed by atoms with van der Waals surface area (Å²) in [5.41, 5.74) is 1.12. The van der Waals surface area contributed by atoms with Gasteiger partial charge in [0.25, 0.3) is 5.91 Å². The van der Waals surface area contributed by atoms with Gasteiger partial charge in [0, 0.05) is 23.5 Å². The second-order valence-corrected chi connectivity index (χ2v) is 9.35. The molecule has 0 atom stereocenters. The molecular formula is C18H18FN3O4S2. The van der Waals surface area contributed by atoms with Crippen molar-refractivity contribution in [3.8, 4) is 6.07 Å². The van der Waals surface area contributed by atoms with Crippen LogP contribution >= 0.6 is 11.3 Å². The van der Waals surface area contributed by atoms with E-state index in [1.54, 1.807) is 6.92 Å². The van der Waals surface area contributed by atoms with Gasteiger partial charge in [0.05, 0.1) is 18.8 Å². The molecule has 0 saturated carbocycles. The normalized spacial score (nSPS) is 15.2. The van der Waals surface area contributed by atoms with E-state index in [1.807, 2.05) is 6.92 Å². The minimum atomic E-state index is -4.09. The number of halogens is 1. The Bertz CT molecular complexity index is 1070. The topological polar surface area (TPSA) is 99.5 Å². The quantitative estimate of drug-likeness (QED) is 0.815. The Morgan fingerprint density at radius 2 is 2.00 bits per heavy atom. The number of nitriles is 1. The third-order valence-corrected chi connectivity index (χ3v) is 7.54. The van der Waals surface area contributed by atoms with Crippen molar-refractivity contribution in [1.29, 1.82) is 5.26 Å². The smallest absolute Gasteiger partial charge is 0.256 e. The SMILES string of the molecule is Cc1sc(NC(=O)c2ccc(F)c(S(=O)(=O)N3CCOCC3)c2)c(C#N)c1C. The van der Waals surface area contributed by atoms with Gasteiger partial charge in [-0.25, -0.2) is 12.8 Å². The number of hydrogen-bond donors (Lipinski definition) is 1. The van der Waals surface area contributed by atoms with Gasteiger partial charge in [-0.15, -0.1) is 11.3 Å². The maximum absolute atomic E-state index is 14.3. The average Bonchev–Trinajstić information content (AvgIpc) is 2.95. The maximum atomic E-state index is 14.3. The summed E-state index contributed by atoms with van der Waals surface area (Å²) in [6, 6.07) is 5.24. The van der Waals surface area contributed by atoms with E-state index in [1.165, 1.54) is 17.4 Å². The summed E-state index contributed by atoms with van der Waals surface area (Å²) in [4.78, 5) is 12.9. The number of morpholine rings is 1. The van der Waals surface area contributed by atoms with Crippen LogP contribution in [0.2, 0.25) is 0 Å². The lowest BCUT2D eigenvalue weighted by molar-refractivity contribution is 0.0729. The molecule has 1 saturated heterocycles. The van der Waals surface area contributed by atoms with Crippen LogP contribution < -0.4 is 5.32 Å². The first-order chi connectivity index (χ1) is 13.3. The second kappa shape index (κ2) is 7.97. The lowest BCUT2D eigenvalue weighted by atomic mass is 10.1. The van der Waals surface area contributed by atoms with Crippen LogP contribution in [0.1, 0.15) is 26.4 Å². The van der Waals surface area contributed by atoms with Crippen LogP contribution in [-0.2, 0) is 14.8 Å². The predicted octanol–water partition coefficient (Wildman–Crippen LogP) is 2.65. The Balaban J connectivity index is 1.92. The average molecular weight is 423 g/mol. The molecule has 0 spiro atoms. The molecule has 1 aromatic heterocycles. The van der Waals surface area contributed by atoms with Crippen LogP contribution in [0.25, 0.3) is 0 Å². The first-order valence-corrected chi connectivity index (χ1v) is 10.7. The molecule has 1 fully saturated rings. The number of hydrogen-bond acceptors (Lipinski definition) is 6. The zero-order valence-electron chi connectivity index (χ0n) is 15.3. The fraction of sp³-hybridized carbons (Fsp3) is 0.333. The highest BCUT2D eigenvalue weighted by atomic mass is 32.2. The van der Waals surface area contributed by atoms with Gasteiger partial charge in [-0.3, -0.25) is 4.79 Å². The fourth-order valence-corrected chi connectivity index (χ4v) is 5.30. The molecule has 1 amide bonds. The van der Waals surface area contributed by atoms with E-state index in [2.05, 4.69) is 11.4 Å². The third kappa shape index (κ3) is 3.79. The highest BCUT2D eigenvalue weighted by Gasteiger charge is 2.30. The number of benzene rings is 1. The van der Waals surface area contributed by atoms with Crippen molar-refractivity contribution in [2.45, 2.75) is 18.7 Å². The highest BCUT2D eigenvalue weighted by Crippen LogP contribution is 2.32. The number of carbonyl (C=O) groups is 1. The minimum absolute atomic E-state index is 0.0131. The van der Waals surface area contributed by atoms with Gasteiger partial charge in [-0.1, -0.05) is 0 Å². The van der Waals surface area contributed by atoms with Gasteiger partial charge in [0.1, 0.15) is 21.8 Å². The van der Waals surface area contributed by atoms with E-state index in [9.17, 15) is 22.9 Å². The molecule has 28 heavy (non-hydrogen) atoms. The molecule has 0 radical (unpaired) electrons. The Kier molecular flexibility index (Phi) is 5.81. The lowest BCUT2D eigenvalue weighted by Gasteiger charge is -2.26. The fourth-order valence-electron chi connectivity index (χ4n) is 2.79. The molecule has 1 N–H and O–H groups in total. The summed E-state index contributed by atoms with van der Waals surface area (Å²) >= 11 is 1.26. The Labute approximate surface area is 166 Å². The predicted molar refractivity (Wildman–Crippen MR) is 102 cm³/mol. The van der Waals surface area contributed by atoms with Crippen molar-refractivity contribution in [1.82, 2.24) is 4.31 Å². The van der Waals surface area contributed by atoms with Crippen LogP contribution in [0.15, 0.2) is 23.1 Å². The van der Waals surface area contributed by atoms with E-state index < -0.39 is 26.6 Å². The van der Waals surface area contributed by atoms with E-state index in [0.717, 1.165) is 26.9 Å². The van der Waals surface area contributed by atoms with Crippen LogP contribution in [0.4, 0.5) is 9.39 Å². The molecule has 1 aliphatic rings. The van der Waals surface area contributed by atoms with E-state index >= 15 is 0 Å². The van der Waals surface area contributed by atoms with Crippen molar-refractivity contribution in [2.75, 3.05) is 31.6 Å². The molecule has 1 aliphatic heterocycles. The van der Waals surface area contributed by atoms with Gasteiger partial charge in [0.15, 0.2) is 0 Å². The molecule has 2 heterocycles. The summed E-state index contributed by atoms with van der Waals surface area (Å²) in [6.45, 7) is 4.32. The van der Waals surface area contributed by atoms with Gasteiger partial charge in [-0.2, -0.15) is 9.57 Å². The van der Waals surface area contributed by atoms with E-state index in [4.69, 9.17) is 4.74 Å². The second-order valence-electron chi connectivity index (χ2n) is 6.21. The minimum Gasteiger partial charge on any atom is -0.379 e. The Morgan fingerprint density at radius 1 is 1.32 bits per heavy atom. The lowest BCUT2D eigenvalue weighted by Crippen LogP contribution is -2.41. The summed E-state index contributed by atoms with van der Waals surface area (Å²) < 4.78 is 46.0. The Morgan fingerprint density at radius 3 is 2.64 bits per heavy atom. The number of aryl methyl sites for hydroxylation is 1. The third-order valence-electron chi connectivity index (χ3n) is 4.51. The standard InChI is InChI=1S/C18H18FN3O4S2/c1-11-12(2)27-18(14(11)10-20)21-17(23)13-3-4-15(19)16(9-13)28(24,25)22-5-7-26-8-6-22/h3-4,9H,5-8H2,1-2H3,(H,21,23). The highest BCUT2D eigenvalue weighted by molar-refractivity contribution is 7.89. The number of nitrogens with one attached hydrogen (secondary N) is 1. The molecule has 2 aromatic rings. The van der Waals surface area contributed by atoms with Crippen molar-refractivity contribution in [3.63, 3.8) is 0 Å². The number of anilines is 1. The van der Waals surface area contributed by atoms with Gasteiger partial charge in [-0.05, 0) is 37.6 Å². The molecular weight excluding hydrogens is 405 g/mol. The largest absolute Gasteiger partial charge is 0.379 e. The van der Waals surface area contributed by atoms with Crippen molar-refractivity contribution in [2.24, 2.45) is 0 Å². The van der Waals surface area contributed by atoms with Crippen molar-refractivity contribution in [3.05, 3.63) is 45.6 Å². The summed E-state index contributed by atoms with van der Waals surface area (Å²) in [6.07, 6.45) is 0. The first-order valence-electron chi connectivity index (χ1n) is 8.44. The van der Waals surface area contributed by atoms with Crippen LogP contribution in [0.3, 0.4) is 0 Å². The van der Waals surface area contributed by atoms with Crippen LogP contribution in [-0.4, -0.2) is 44.9 Å². The molecule has 1 aromatic carbocycles. The first kappa shape index (κ1) is 20.4. The number of carbonyl (C=O) groups excluding carboxylic acids is 1. The number of ether oxygens (including phenoxy) is 1. The molecule has 7 nitrogen and oxygen atoms in total. The number of thiophene rings is 1. The summed E-state index contributed by atoms with van der Waals surface area (Å²) in [5, 5.41) is 12.3. The molecule has 0 unspecified atom stereocenters.